The number of piperidine rings is 1. The summed E-state index contributed by atoms with van der Waals surface area (Å²) in [5.41, 5.74) is -0.284. The van der Waals surface area contributed by atoms with Crippen LogP contribution in [0.1, 0.15) is 32.5 Å². The minimum Gasteiger partial charge on any atom is -0.441 e. The Morgan fingerprint density at radius 1 is 1.40 bits per heavy atom. The predicted octanol–water partition coefficient (Wildman–Crippen LogP) is 1.78. The lowest BCUT2D eigenvalue weighted by Gasteiger charge is -2.37. The maximum atomic E-state index is 12.3. The summed E-state index contributed by atoms with van der Waals surface area (Å²) < 4.78 is 5.82. The summed E-state index contributed by atoms with van der Waals surface area (Å²) in [7, 11) is 2.12. The first kappa shape index (κ1) is 18.2. The van der Waals surface area contributed by atoms with E-state index < -0.39 is 0 Å². The SMILES string of the molecule is CC(C)CN(C)CCN1CC2(CCN(Cc3ncc[nH]3)CC2)OC1=O. The maximum absolute atomic E-state index is 12.3. The zero-order chi connectivity index (χ0) is 17.9. The second-order valence-electron chi connectivity index (χ2n) is 7.94. The van der Waals surface area contributed by atoms with E-state index in [2.05, 4.69) is 40.7 Å². The van der Waals surface area contributed by atoms with Crippen molar-refractivity contribution < 1.29 is 9.53 Å². The Kier molecular flexibility index (Phi) is 5.64. The molecule has 1 aromatic heterocycles. The molecule has 1 aromatic rings. The molecule has 1 N–H and O–H groups in total. The fraction of sp³-hybridized carbons (Fsp3) is 0.778. The van der Waals surface area contributed by atoms with E-state index in [1.165, 1.54) is 0 Å². The number of imidazole rings is 1. The van der Waals surface area contributed by atoms with Crippen LogP contribution in [0.25, 0.3) is 0 Å². The molecule has 0 atom stereocenters. The molecule has 7 nitrogen and oxygen atoms in total. The standard InChI is InChI=1S/C18H31N5O2/c1-15(2)12-21(3)10-11-23-14-18(25-17(23)24)4-8-22(9-5-18)13-16-19-6-7-20-16/h6-7,15H,4-5,8-14H2,1-3H3,(H,19,20). The highest BCUT2D eigenvalue weighted by Gasteiger charge is 2.46. The first-order chi connectivity index (χ1) is 12.0. The van der Waals surface area contributed by atoms with E-state index in [-0.39, 0.29) is 11.7 Å². The number of hydrogen-bond acceptors (Lipinski definition) is 5. The number of carbonyl (C=O) groups excluding carboxylic acids is 1. The van der Waals surface area contributed by atoms with Gasteiger partial charge in [0.2, 0.25) is 0 Å². The van der Waals surface area contributed by atoms with Crippen LogP contribution in [0.5, 0.6) is 0 Å². The molecule has 0 bridgehead atoms. The molecular formula is C18H31N5O2. The number of H-pyrrole nitrogens is 1. The molecule has 0 aliphatic carbocycles. The molecule has 140 valence electrons. The Morgan fingerprint density at radius 2 is 2.16 bits per heavy atom. The maximum Gasteiger partial charge on any atom is 0.410 e. The van der Waals surface area contributed by atoms with Crippen molar-refractivity contribution in [3.8, 4) is 0 Å². The van der Waals surface area contributed by atoms with E-state index in [9.17, 15) is 4.79 Å². The number of hydrogen-bond donors (Lipinski definition) is 1. The smallest absolute Gasteiger partial charge is 0.410 e. The van der Waals surface area contributed by atoms with Gasteiger partial charge in [-0.3, -0.25) is 4.90 Å². The van der Waals surface area contributed by atoms with Crippen molar-refractivity contribution in [2.45, 2.75) is 38.8 Å². The zero-order valence-electron chi connectivity index (χ0n) is 15.7. The van der Waals surface area contributed by atoms with Crippen molar-refractivity contribution in [2.75, 3.05) is 46.3 Å². The van der Waals surface area contributed by atoms with Gasteiger partial charge in [-0.1, -0.05) is 13.8 Å². The molecule has 2 aliphatic rings. The molecule has 7 heteroatoms. The molecule has 1 spiro atoms. The number of likely N-dealkylation sites (N-methyl/N-ethyl adjacent to an activating group) is 1. The zero-order valence-corrected chi connectivity index (χ0v) is 15.7. The van der Waals surface area contributed by atoms with Crippen molar-refractivity contribution in [2.24, 2.45) is 5.92 Å². The Balaban J connectivity index is 1.45. The van der Waals surface area contributed by atoms with Crippen molar-refractivity contribution in [3.05, 3.63) is 18.2 Å². The average Bonchev–Trinajstić information content (AvgIpc) is 3.16. The molecule has 0 saturated carbocycles. The highest BCUT2D eigenvalue weighted by molar-refractivity contribution is 5.70. The van der Waals surface area contributed by atoms with Gasteiger partial charge in [0.25, 0.3) is 0 Å². The molecule has 1 amide bonds. The quantitative estimate of drug-likeness (QED) is 0.813. The molecule has 0 unspecified atom stereocenters. The average molecular weight is 349 g/mol. The van der Waals surface area contributed by atoms with E-state index in [0.717, 1.165) is 64.5 Å². The van der Waals surface area contributed by atoms with Gasteiger partial charge in [0.1, 0.15) is 11.4 Å². The summed E-state index contributed by atoms with van der Waals surface area (Å²) in [5.74, 6) is 1.63. The molecule has 2 aliphatic heterocycles. The minimum absolute atomic E-state index is 0.141. The van der Waals surface area contributed by atoms with E-state index in [4.69, 9.17) is 4.74 Å². The van der Waals surface area contributed by atoms with Gasteiger partial charge >= 0.3 is 6.09 Å². The molecular weight excluding hydrogens is 318 g/mol. The number of aromatic nitrogens is 2. The molecule has 0 aromatic carbocycles. The van der Waals surface area contributed by atoms with Gasteiger partial charge in [-0.25, -0.2) is 9.78 Å². The number of nitrogens with one attached hydrogen (secondary N) is 1. The van der Waals surface area contributed by atoms with Crippen LogP contribution in [0, 0.1) is 5.92 Å². The van der Waals surface area contributed by atoms with Crippen LogP contribution in [0.3, 0.4) is 0 Å². The lowest BCUT2D eigenvalue weighted by Crippen LogP contribution is -2.47. The molecule has 3 heterocycles. The monoisotopic (exact) mass is 349 g/mol. The Labute approximate surface area is 150 Å². The van der Waals surface area contributed by atoms with Gasteiger partial charge in [0.15, 0.2) is 0 Å². The lowest BCUT2D eigenvalue weighted by atomic mass is 9.91. The van der Waals surface area contributed by atoms with Gasteiger partial charge < -0.3 is 19.5 Å². The highest BCUT2D eigenvalue weighted by atomic mass is 16.6. The first-order valence-corrected chi connectivity index (χ1v) is 9.33. The van der Waals surface area contributed by atoms with Crippen molar-refractivity contribution >= 4 is 6.09 Å². The van der Waals surface area contributed by atoms with E-state index >= 15 is 0 Å². The molecule has 2 fully saturated rings. The third kappa shape index (κ3) is 4.73. The topological polar surface area (TPSA) is 64.7 Å². The second-order valence-corrected chi connectivity index (χ2v) is 7.94. The summed E-state index contributed by atoms with van der Waals surface area (Å²) in [6, 6.07) is 0. The van der Waals surface area contributed by atoms with Crippen LogP contribution >= 0.6 is 0 Å². The second kappa shape index (κ2) is 7.74. The summed E-state index contributed by atoms with van der Waals surface area (Å²) >= 11 is 0. The van der Waals surface area contributed by atoms with Crippen molar-refractivity contribution in [1.29, 1.82) is 0 Å². The van der Waals surface area contributed by atoms with Crippen LogP contribution in [0.4, 0.5) is 4.79 Å². The van der Waals surface area contributed by atoms with Crippen LogP contribution in [-0.4, -0.2) is 82.7 Å². The van der Waals surface area contributed by atoms with Crippen molar-refractivity contribution in [1.82, 2.24) is 24.7 Å². The minimum atomic E-state index is -0.284. The number of likely N-dealkylation sites (tertiary alicyclic amines) is 1. The lowest BCUT2D eigenvalue weighted by molar-refractivity contribution is -0.00176. The summed E-state index contributed by atoms with van der Waals surface area (Å²) in [6.45, 7) is 10.6. The summed E-state index contributed by atoms with van der Waals surface area (Å²) in [5, 5.41) is 0. The van der Waals surface area contributed by atoms with E-state index in [1.54, 1.807) is 6.20 Å². The number of rotatable bonds is 7. The Hall–Kier alpha value is -1.60. The Morgan fingerprint density at radius 3 is 2.80 bits per heavy atom. The summed E-state index contributed by atoms with van der Waals surface area (Å²) in [6.07, 6.45) is 5.30. The molecule has 25 heavy (non-hydrogen) atoms. The van der Waals surface area contributed by atoms with Gasteiger partial charge in [-0.05, 0) is 13.0 Å². The van der Waals surface area contributed by atoms with Gasteiger partial charge in [-0.15, -0.1) is 0 Å². The molecule has 2 saturated heterocycles. The van der Waals surface area contributed by atoms with Crippen molar-refractivity contribution in [3.63, 3.8) is 0 Å². The third-order valence-corrected chi connectivity index (χ3v) is 5.17. The number of carbonyl (C=O) groups is 1. The van der Waals surface area contributed by atoms with Gasteiger partial charge in [0, 0.05) is 58.0 Å². The van der Waals surface area contributed by atoms with Crippen LogP contribution < -0.4 is 0 Å². The van der Waals surface area contributed by atoms with Crippen LogP contribution in [0.2, 0.25) is 0 Å². The molecule has 0 radical (unpaired) electrons. The number of amides is 1. The summed E-state index contributed by atoms with van der Waals surface area (Å²) in [4.78, 5) is 26.3. The van der Waals surface area contributed by atoms with E-state index in [0.29, 0.717) is 5.92 Å². The highest BCUT2D eigenvalue weighted by Crippen LogP contribution is 2.33. The predicted molar refractivity (Wildman–Crippen MR) is 96.2 cm³/mol. The van der Waals surface area contributed by atoms with Crippen LogP contribution in [-0.2, 0) is 11.3 Å². The number of nitrogens with zero attached hydrogens (tertiary/aromatic N) is 4. The Bertz CT molecular complexity index is 552. The first-order valence-electron chi connectivity index (χ1n) is 9.33. The molecule has 3 rings (SSSR count). The number of aromatic amines is 1. The van der Waals surface area contributed by atoms with Crippen LogP contribution in [0.15, 0.2) is 12.4 Å². The number of ether oxygens (including phenoxy) is 1. The fourth-order valence-electron chi connectivity index (χ4n) is 3.85. The van der Waals surface area contributed by atoms with Gasteiger partial charge in [-0.2, -0.15) is 0 Å². The van der Waals surface area contributed by atoms with E-state index in [1.807, 2.05) is 11.1 Å². The largest absolute Gasteiger partial charge is 0.441 e. The third-order valence-electron chi connectivity index (χ3n) is 5.17. The fourth-order valence-corrected chi connectivity index (χ4v) is 3.85. The normalized spacial score (nSPS) is 20.8. The van der Waals surface area contributed by atoms with Gasteiger partial charge in [0.05, 0.1) is 13.1 Å².